The quantitative estimate of drug-likeness (QED) is 0.809. The van der Waals surface area contributed by atoms with E-state index in [9.17, 15) is 9.50 Å². The van der Waals surface area contributed by atoms with Gasteiger partial charge in [-0.3, -0.25) is 4.90 Å². The second kappa shape index (κ2) is 8.43. The lowest BCUT2D eigenvalue weighted by molar-refractivity contribution is 0.105. The number of benzene rings is 2. The molecule has 3 rings (SSSR count). The highest BCUT2D eigenvalue weighted by atomic mass is 19.1. The maximum Gasteiger partial charge on any atom is 0.129 e. The van der Waals surface area contributed by atoms with Crippen LogP contribution in [0.25, 0.3) is 0 Å². The summed E-state index contributed by atoms with van der Waals surface area (Å²) in [5.74, 6) is 0.591. The lowest BCUT2D eigenvalue weighted by Crippen LogP contribution is -2.40. The molecule has 0 aliphatic carbocycles. The number of halogens is 1. The van der Waals surface area contributed by atoms with E-state index in [1.54, 1.807) is 12.1 Å². The molecule has 1 atom stereocenters. The highest BCUT2D eigenvalue weighted by molar-refractivity contribution is 5.42. The molecule has 25 heavy (non-hydrogen) atoms. The van der Waals surface area contributed by atoms with Crippen molar-refractivity contribution < 1.29 is 14.2 Å². The number of aliphatic hydroxyl groups is 1. The molecule has 0 fully saturated rings. The molecule has 0 spiro atoms. The third-order valence-corrected chi connectivity index (χ3v) is 4.55. The van der Waals surface area contributed by atoms with Crippen LogP contribution >= 0.6 is 0 Å². The predicted molar refractivity (Wildman–Crippen MR) is 96.1 cm³/mol. The van der Waals surface area contributed by atoms with E-state index in [1.165, 1.54) is 17.2 Å². The zero-order valence-corrected chi connectivity index (χ0v) is 14.5. The molecule has 1 unspecified atom stereocenters. The Morgan fingerprint density at radius 1 is 1.24 bits per heavy atom. The molecular weight excluding hydrogens is 319 g/mol. The molecule has 0 aromatic heterocycles. The number of likely N-dealkylation sites (N-methyl/N-ethyl adjacent to an activating group) is 1. The molecular formula is C20H25FN2O2. The zero-order valence-electron chi connectivity index (χ0n) is 14.5. The largest absolute Gasteiger partial charge is 0.489 e. The first-order chi connectivity index (χ1) is 12.2. The Labute approximate surface area is 148 Å². The van der Waals surface area contributed by atoms with Crippen molar-refractivity contribution in [3.63, 3.8) is 0 Å². The Kier molecular flexibility index (Phi) is 6.02. The van der Waals surface area contributed by atoms with Gasteiger partial charge in [0.25, 0.3) is 0 Å². The molecule has 5 heteroatoms. The molecule has 1 aliphatic heterocycles. The molecule has 2 aromatic carbocycles. The highest BCUT2D eigenvalue weighted by Gasteiger charge is 2.21. The summed E-state index contributed by atoms with van der Waals surface area (Å²) < 4.78 is 19.7. The van der Waals surface area contributed by atoms with Crippen LogP contribution in [0.1, 0.15) is 16.7 Å². The summed E-state index contributed by atoms with van der Waals surface area (Å²) in [5.41, 5.74) is 2.97. The Hall–Kier alpha value is -1.95. The first-order valence-corrected chi connectivity index (χ1v) is 8.69. The molecule has 0 radical (unpaired) electrons. The average Bonchev–Trinajstić information content (AvgIpc) is 2.61. The molecule has 1 aliphatic rings. The molecule has 2 N–H and O–H groups in total. The Morgan fingerprint density at radius 3 is 2.88 bits per heavy atom. The molecule has 134 valence electrons. The molecule has 0 bridgehead atoms. The van der Waals surface area contributed by atoms with Crippen LogP contribution in [0.5, 0.6) is 5.75 Å². The van der Waals surface area contributed by atoms with E-state index < -0.39 is 0 Å². The fourth-order valence-electron chi connectivity index (χ4n) is 3.29. The van der Waals surface area contributed by atoms with Gasteiger partial charge in [-0.15, -0.1) is 0 Å². The summed E-state index contributed by atoms with van der Waals surface area (Å²) in [6, 6.07) is 12.7. The van der Waals surface area contributed by atoms with Crippen molar-refractivity contribution in [3.8, 4) is 5.75 Å². The topological polar surface area (TPSA) is 44.7 Å². The van der Waals surface area contributed by atoms with Gasteiger partial charge in [-0.05, 0) is 36.7 Å². The van der Waals surface area contributed by atoms with Crippen molar-refractivity contribution >= 4 is 0 Å². The average molecular weight is 344 g/mol. The molecule has 1 heterocycles. The van der Waals surface area contributed by atoms with Crippen molar-refractivity contribution in [1.82, 2.24) is 10.2 Å². The Balaban J connectivity index is 1.66. The zero-order chi connectivity index (χ0) is 17.6. The van der Waals surface area contributed by atoms with Crippen molar-refractivity contribution in [1.29, 1.82) is 0 Å². The number of β-amino-alcohol motifs (C(OH)–C–C–N with tert-alkyl or cyclic N) is 1. The second-order valence-corrected chi connectivity index (χ2v) is 6.47. The number of ether oxygens (including phenoxy) is 1. The van der Waals surface area contributed by atoms with Crippen molar-refractivity contribution in [3.05, 3.63) is 65.0 Å². The van der Waals surface area contributed by atoms with E-state index in [-0.39, 0.29) is 18.5 Å². The fraction of sp³-hybridized carbons (Fsp3) is 0.400. The Morgan fingerprint density at radius 2 is 2.08 bits per heavy atom. The van der Waals surface area contributed by atoms with E-state index in [0.717, 1.165) is 25.3 Å². The van der Waals surface area contributed by atoms with Gasteiger partial charge >= 0.3 is 0 Å². The third kappa shape index (κ3) is 4.57. The van der Waals surface area contributed by atoms with Crippen LogP contribution in [0.4, 0.5) is 4.39 Å². The van der Waals surface area contributed by atoms with E-state index in [2.05, 4.69) is 16.3 Å². The minimum Gasteiger partial charge on any atom is -0.489 e. The van der Waals surface area contributed by atoms with Gasteiger partial charge < -0.3 is 15.2 Å². The lowest BCUT2D eigenvalue weighted by atomic mass is 9.98. The number of aliphatic hydroxyl groups excluding tert-OH is 1. The van der Waals surface area contributed by atoms with E-state index in [0.29, 0.717) is 18.7 Å². The van der Waals surface area contributed by atoms with Crippen LogP contribution in [0.3, 0.4) is 0 Å². The van der Waals surface area contributed by atoms with Gasteiger partial charge in [-0.1, -0.05) is 30.3 Å². The van der Waals surface area contributed by atoms with E-state index in [4.69, 9.17) is 4.74 Å². The first-order valence-electron chi connectivity index (χ1n) is 8.69. The van der Waals surface area contributed by atoms with Gasteiger partial charge in [0.15, 0.2) is 0 Å². The van der Waals surface area contributed by atoms with E-state index in [1.807, 2.05) is 25.2 Å². The van der Waals surface area contributed by atoms with Gasteiger partial charge in [-0.25, -0.2) is 4.39 Å². The first kappa shape index (κ1) is 17.9. The predicted octanol–water partition coefficient (Wildman–Crippen LogP) is 2.34. The number of rotatable bonds is 7. The summed E-state index contributed by atoms with van der Waals surface area (Å²) in [5, 5.41) is 13.0. The number of nitrogens with one attached hydrogen (secondary N) is 1. The maximum atomic E-state index is 13.8. The number of hydrogen-bond acceptors (Lipinski definition) is 4. The van der Waals surface area contributed by atoms with Crippen molar-refractivity contribution in [2.45, 2.75) is 25.7 Å². The summed E-state index contributed by atoms with van der Waals surface area (Å²) in [6.07, 6.45) is 0.502. The standard InChI is InChI=1S/C20H25FN2O2/c1-22-11-17(24)13-23-10-9-18-15(12-23)6-4-8-20(18)25-14-16-5-2-3-7-19(16)21/h2-8,17,22,24H,9-14H2,1H3. The summed E-state index contributed by atoms with van der Waals surface area (Å²) in [6.45, 7) is 3.16. The van der Waals surface area contributed by atoms with Gasteiger partial charge in [0.2, 0.25) is 0 Å². The highest BCUT2D eigenvalue weighted by Crippen LogP contribution is 2.28. The number of hydrogen-bond donors (Lipinski definition) is 2. The van der Waals surface area contributed by atoms with Crippen LogP contribution in [0.15, 0.2) is 42.5 Å². The summed E-state index contributed by atoms with van der Waals surface area (Å²) in [4.78, 5) is 2.25. The summed E-state index contributed by atoms with van der Waals surface area (Å²) >= 11 is 0. The molecule has 2 aromatic rings. The van der Waals surface area contributed by atoms with Crippen LogP contribution in [0.2, 0.25) is 0 Å². The van der Waals surface area contributed by atoms with Crippen molar-refractivity contribution in [2.75, 3.05) is 26.7 Å². The monoisotopic (exact) mass is 344 g/mol. The van der Waals surface area contributed by atoms with E-state index >= 15 is 0 Å². The normalized spacial score (nSPS) is 15.6. The van der Waals surface area contributed by atoms with Crippen molar-refractivity contribution in [2.24, 2.45) is 0 Å². The lowest BCUT2D eigenvalue weighted by Gasteiger charge is -2.31. The van der Waals surface area contributed by atoms with Gasteiger partial charge in [0.05, 0.1) is 6.10 Å². The third-order valence-electron chi connectivity index (χ3n) is 4.55. The van der Waals surface area contributed by atoms with Gasteiger partial charge in [-0.2, -0.15) is 0 Å². The Bertz CT molecular complexity index is 708. The number of nitrogens with zero attached hydrogens (tertiary/aromatic N) is 1. The smallest absolute Gasteiger partial charge is 0.129 e. The van der Waals surface area contributed by atoms with Gasteiger partial charge in [0, 0.05) is 31.7 Å². The SMILES string of the molecule is CNCC(O)CN1CCc2c(cccc2OCc2ccccc2F)C1. The maximum absolute atomic E-state index is 13.8. The summed E-state index contributed by atoms with van der Waals surface area (Å²) in [7, 11) is 1.84. The minimum absolute atomic E-state index is 0.230. The number of fused-ring (bicyclic) bond motifs is 1. The fourth-order valence-corrected chi connectivity index (χ4v) is 3.29. The van der Waals surface area contributed by atoms with Crippen LogP contribution < -0.4 is 10.1 Å². The minimum atomic E-state index is -0.368. The van der Waals surface area contributed by atoms with Crippen LogP contribution in [-0.4, -0.2) is 42.8 Å². The molecule has 0 saturated carbocycles. The molecule has 4 nitrogen and oxygen atoms in total. The van der Waals surface area contributed by atoms with Crippen LogP contribution in [-0.2, 0) is 19.6 Å². The second-order valence-electron chi connectivity index (χ2n) is 6.47. The molecule has 0 amide bonds. The van der Waals surface area contributed by atoms with Gasteiger partial charge in [0.1, 0.15) is 18.2 Å². The molecule has 0 saturated heterocycles. The van der Waals surface area contributed by atoms with Crippen LogP contribution in [0, 0.1) is 5.82 Å².